The molecule has 8 nitrogen and oxygen atoms in total. The van der Waals surface area contributed by atoms with E-state index in [2.05, 4.69) is 15.5 Å². The van der Waals surface area contributed by atoms with Crippen LogP contribution < -0.4 is 10.1 Å². The maximum Gasteiger partial charge on any atom is 0.295 e. The number of methoxy groups -OCH3 is 1. The SMILES string of the molecule is COc1nnc(NC(=O)C2CCN(S(=O)(=O)c3cc(F)ccc3F)CC2)s1. The fourth-order valence-electron chi connectivity index (χ4n) is 2.72. The van der Waals surface area contributed by atoms with Crippen molar-refractivity contribution in [3.8, 4) is 5.19 Å². The lowest BCUT2D eigenvalue weighted by Crippen LogP contribution is -2.41. The number of carbonyl (C=O) groups excluding carboxylic acids is 1. The Morgan fingerprint density at radius 2 is 2.00 bits per heavy atom. The van der Waals surface area contributed by atoms with E-state index >= 15 is 0 Å². The number of carbonyl (C=O) groups is 1. The molecule has 0 atom stereocenters. The molecule has 1 N–H and O–H groups in total. The minimum atomic E-state index is -4.17. The van der Waals surface area contributed by atoms with Crippen LogP contribution in [0.4, 0.5) is 13.9 Å². The molecule has 0 aliphatic carbocycles. The molecule has 0 radical (unpaired) electrons. The van der Waals surface area contributed by atoms with Crippen LogP contribution >= 0.6 is 11.3 Å². The van der Waals surface area contributed by atoms with Gasteiger partial charge in [0.2, 0.25) is 21.1 Å². The van der Waals surface area contributed by atoms with Gasteiger partial charge >= 0.3 is 0 Å². The summed E-state index contributed by atoms with van der Waals surface area (Å²) in [6.45, 7) is 0.0472. The fraction of sp³-hybridized carbons (Fsp3) is 0.400. The quantitative estimate of drug-likeness (QED) is 0.795. The molecule has 146 valence electrons. The highest BCUT2D eigenvalue weighted by atomic mass is 32.2. The summed E-state index contributed by atoms with van der Waals surface area (Å²) in [6.07, 6.45) is 0.496. The summed E-state index contributed by atoms with van der Waals surface area (Å²) in [5.74, 6) is -2.58. The summed E-state index contributed by atoms with van der Waals surface area (Å²) in [6, 6.07) is 2.29. The van der Waals surface area contributed by atoms with Crippen molar-refractivity contribution in [2.75, 3.05) is 25.5 Å². The van der Waals surface area contributed by atoms with E-state index < -0.39 is 32.5 Å². The number of nitrogens with one attached hydrogen (secondary N) is 1. The summed E-state index contributed by atoms with van der Waals surface area (Å²) in [5.41, 5.74) is 0. The van der Waals surface area contributed by atoms with E-state index in [1.807, 2.05) is 0 Å². The Labute approximate surface area is 158 Å². The number of rotatable bonds is 5. The molecule has 12 heteroatoms. The summed E-state index contributed by atoms with van der Waals surface area (Å²) in [4.78, 5) is 11.6. The standard InChI is InChI=1S/C15H16F2N4O4S2/c1-25-15-20-19-14(26-15)18-13(22)9-4-6-21(7-5-9)27(23,24)12-8-10(16)2-3-11(12)17/h2-3,8-9H,4-7H2,1H3,(H,18,19,22). The molecule has 1 amide bonds. The maximum absolute atomic E-state index is 13.8. The van der Waals surface area contributed by atoms with Gasteiger partial charge in [0.15, 0.2) is 0 Å². The maximum atomic E-state index is 13.8. The zero-order valence-electron chi connectivity index (χ0n) is 14.2. The molecular formula is C15H16F2N4O4S2. The molecule has 27 heavy (non-hydrogen) atoms. The molecule has 0 unspecified atom stereocenters. The number of ether oxygens (including phenoxy) is 1. The van der Waals surface area contributed by atoms with Crippen LogP contribution in [0.3, 0.4) is 0 Å². The molecule has 1 aliphatic heterocycles. The van der Waals surface area contributed by atoms with Crippen molar-refractivity contribution in [2.45, 2.75) is 17.7 Å². The van der Waals surface area contributed by atoms with Crippen molar-refractivity contribution in [2.24, 2.45) is 5.92 Å². The molecule has 0 spiro atoms. The molecule has 1 fully saturated rings. The number of sulfonamides is 1. The highest BCUT2D eigenvalue weighted by Crippen LogP contribution is 2.28. The molecule has 3 rings (SSSR count). The first-order valence-corrected chi connectivity index (χ1v) is 10.2. The largest absolute Gasteiger partial charge is 0.472 e. The van der Waals surface area contributed by atoms with Crippen LogP contribution in [0.15, 0.2) is 23.1 Å². The fourth-order valence-corrected chi connectivity index (χ4v) is 4.83. The van der Waals surface area contributed by atoms with Gasteiger partial charge in [0, 0.05) is 19.0 Å². The van der Waals surface area contributed by atoms with Gasteiger partial charge in [-0.1, -0.05) is 5.10 Å². The Hall–Kier alpha value is -2.18. The minimum Gasteiger partial charge on any atom is -0.472 e. The minimum absolute atomic E-state index is 0.0236. The van der Waals surface area contributed by atoms with Crippen LogP contribution in [0.1, 0.15) is 12.8 Å². The predicted octanol–water partition coefficient (Wildman–Crippen LogP) is 1.86. The number of amides is 1. The number of benzene rings is 1. The summed E-state index contributed by atoms with van der Waals surface area (Å²) >= 11 is 1.07. The average molecular weight is 418 g/mol. The number of aromatic nitrogens is 2. The molecule has 2 heterocycles. The average Bonchev–Trinajstić information content (AvgIpc) is 3.11. The zero-order valence-corrected chi connectivity index (χ0v) is 15.8. The number of hydrogen-bond donors (Lipinski definition) is 1. The lowest BCUT2D eigenvalue weighted by atomic mass is 9.97. The number of anilines is 1. The van der Waals surface area contributed by atoms with Gasteiger partial charge < -0.3 is 10.1 Å². The first kappa shape index (κ1) is 19.6. The smallest absolute Gasteiger partial charge is 0.295 e. The first-order valence-electron chi connectivity index (χ1n) is 7.95. The van der Waals surface area contributed by atoms with Crippen molar-refractivity contribution in [1.29, 1.82) is 0 Å². The second-order valence-electron chi connectivity index (χ2n) is 5.82. The van der Waals surface area contributed by atoms with Crippen molar-refractivity contribution in [1.82, 2.24) is 14.5 Å². The van der Waals surface area contributed by atoms with E-state index in [4.69, 9.17) is 4.74 Å². The van der Waals surface area contributed by atoms with E-state index in [1.165, 1.54) is 7.11 Å². The normalized spacial score (nSPS) is 16.3. The zero-order chi connectivity index (χ0) is 19.6. The van der Waals surface area contributed by atoms with Gasteiger partial charge in [0.25, 0.3) is 5.19 Å². The Balaban J connectivity index is 1.64. The molecular weight excluding hydrogens is 402 g/mol. The van der Waals surface area contributed by atoms with Gasteiger partial charge in [-0.3, -0.25) is 4.79 Å². The monoisotopic (exact) mass is 418 g/mol. The van der Waals surface area contributed by atoms with Crippen LogP contribution in [-0.4, -0.2) is 49.0 Å². The Bertz CT molecular complexity index is 943. The lowest BCUT2D eigenvalue weighted by Gasteiger charge is -2.30. The van der Waals surface area contributed by atoms with Gasteiger partial charge in [-0.15, -0.1) is 5.10 Å². The third-order valence-electron chi connectivity index (χ3n) is 4.15. The lowest BCUT2D eigenvalue weighted by molar-refractivity contribution is -0.120. The Kier molecular flexibility index (Phi) is 5.67. The molecule has 1 aromatic heterocycles. The van der Waals surface area contributed by atoms with Crippen LogP contribution in [0.2, 0.25) is 0 Å². The molecule has 1 saturated heterocycles. The van der Waals surface area contributed by atoms with E-state index in [1.54, 1.807) is 0 Å². The molecule has 2 aromatic rings. The van der Waals surface area contributed by atoms with Crippen LogP contribution in [-0.2, 0) is 14.8 Å². The van der Waals surface area contributed by atoms with Gasteiger partial charge in [-0.2, -0.15) is 4.31 Å². The van der Waals surface area contributed by atoms with E-state index in [0.29, 0.717) is 11.3 Å². The predicted molar refractivity (Wildman–Crippen MR) is 92.9 cm³/mol. The topological polar surface area (TPSA) is 101 Å². The highest BCUT2D eigenvalue weighted by Gasteiger charge is 2.34. The van der Waals surface area contributed by atoms with Crippen LogP contribution in [0.5, 0.6) is 5.19 Å². The van der Waals surface area contributed by atoms with Gasteiger partial charge in [0.1, 0.15) is 16.5 Å². The highest BCUT2D eigenvalue weighted by molar-refractivity contribution is 7.89. The van der Waals surface area contributed by atoms with Crippen LogP contribution in [0, 0.1) is 17.6 Å². The molecule has 1 aliphatic rings. The van der Waals surface area contributed by atoms with E-state index in [0.717, 1.165) is 27.8 Å². The molecule has 1 aromatic carbocycles. The first-order chi connectivity index (χ1) is 12.8. The van der Waals surface area contributed by atoms with Gasteiger partial charge in [-0.25, -0.2) is 17.2 Å². The number of nitrogens with zero attached hydrogens (tertiary/aromatic N) is 3. The van der Waals surface area contributed by atoms with Crippen molar-refractivity contribution >= 4 is 32.4 Å². The second kappa shape index (κ2) is 7.82. The van der Waals surface area contributed by atoms with Crippen molar-refractivity contribution < 1.29 is 26.7 Å². The third kappa shape index (κ3) is 4.22. The third-order valence-corrected chi connectivity index (χ3v) is 6.86. The summed E-state index contributed by atoms with van der Waals surface area (Å²) in [7, 11) is -2.74. The second-order valence-corrected chi connectivity index (χ2v) is 8.67. The van der Waals surface area contributed by atoms with Crippen molar-refractivity contribution in [3.05, 3.63) is 29.8 Å². The number of piperidine rings is 1. The van der Waals surface area contributed by atoms with Crippen molar-refractivity contribution in [3.63, 3.8) is 0 Å². The summed E-state index contributed by atoms with van der Waals surface area (Å²) in [5, 5.41) is 10.7. The van der Waals surface area contributed by atoms with E-state index in [-0.39, 0.29) is 37.0 Å². The number of hydrogen-bond acceptors (Lipinski definition) is 7. The number of halogens is 2. The summed E-state index contributed by atoms with van der Waals surface area (Å²) < 4.78 is 58.2. The molecule has 0 bridgehead atoms. The molecule has 0 saturated carbocycles. The Morgan fingerprint density at radius 3 is 2.63 bits per heavy atom. The van der Waals surface area contributed by atoms with Gasteiger partial charge in [-0.05, 0) is 42.4 Å². The Morgan fingerprint density at radius 1 is 1.30 bits per heavy atom. The van der Waals surface area contributed by atoms with E-state index in [9.17, 15) is 22.0 Å². The van der Waals surface area contributed by atoms with Crippen LogP contribution in [0.25, 0.3) is 0 Å². The van der Waals surface area contributed by atoms with Gasteiger partial charge in [0.05, 0.1) is 7.11 Å².